The molecule has 2 aliphatic heterocycles. The average molecular weight is 356 g/mol. The lowest BCUT2D eigenvalue weighted by Gasteiger charge is -2.33. The Morgan fingerprint density at radius 1 is 1.46 bits per heavy atom. The van der Waals surface area contributed by atoms with Gasteiger partial charge >= 0.3 is 0 Å². The number of hydrogen-bond acceptors (Lipinski definition) is 6. The summed E-state index contributed by atoms with van der Waals surface area (Å²) in [4.78, 5) is 18.8. The molecule has 2 aliphatic rings. The van der Waals surface area contributed by atoms with Crippen molar-refractivity contribution in [2.75, 3.05) is 13.1 Å². The van der Waals surface area contributed by atoms with E-state index in [2.05, 4.69) is 20.4 Å². The lowest BCUT2D eigenvalue weighted by Crippen LogP contribution is -2.42. The quantitative estimate of drug-likeness (QED) is 0.878. The molecule has 2 aromatic rings. The summed E-state index contributed by atoms with van der Waals surface area (Å²) in [6, 6.07) is 5.79. The van der Waals surface area contributed by atoms with E-state index in [0.29, 0.717) is 12.5 Å². The highest BCUT2D eigenvalue weighted by molar-refractivity contribution is 5.81. The number of carbonyl (C=O) groups is 1. The first-order valence-electron chi connectivity index (χ1n) is 9.14. The van der Waals surface area contributed by atoms with Gasteiger partial charge in [0.25, 0.3) is 0 Å². The third kappa shape index (κ3) is 3.94. The Hall–Kier alpha value is -2.25. The maximum absolute atomic E-state index is 12.4. The van der Waals surface area contributed by atoms with Crippen LogP contribution in [0.4, 0.5) is 0 Å². The van der Waals surface area contributed by atoms with Crippen molar-refractivity contribution >= 4 is 5.91 Å². The van der Waals surface area contributed by atoms with Crippen LogP contribution in [0.25, 0.3) is 0 Å². The molecule has 4 rings (SSSR count). The first-order valence-corrected chi connectivity index (χ1v) is 9.14. The lowest BCUT2D eigenvalue weighted by atomic mass is 9.91. The molecule has 0 radical (unpaired) electrons. The van der Waals surface area contributed by atoms with E-state index in [0.717, 1.165) is 49.5 Å². The maximum Gasteiger partial charge on any atom is 0.249 e. The number of pyridine rings is 1. The van der Waals surface area contributed by atoms with E-state index in [-0.39, 0.29) is 18.1 Å². The van der Waals surface area contributed by atoms with E-state index < -0.39 is 0 Å². The average Bonchev–Trinajstić information content (AvgIpc) is 3.26. The molecule has 3 atom stereocenters. The van der Waals surface area contributed by atoms with Gasteiger partial charge in [0, 0.05) is 38.1 Å². The molecule has 1 amide bonds. The molecule has 7 heteroatoms. The molecule has 1 N–H and O–H groups in total. The number of fused-ring (bicyclic) bond motifs is 1. The minimum absolute atomic E-state index is 0.0260. The van der Waals surface area contributed by atoms with Gasteiger partial charge in [0.15, 0.2) is 0 Å². The number of aryl methyl sites for hydroxylation is 1. The number of ether oxygens (including phenoxy) is 1. The number of nitrogens with zero attached hydrogens (tertiary/aromatic N) is 3. The lowest BCUT2D eigenvalue weighted by molar-refractivity contribution is -0.133. The molecule has 0 bridgehead atoms. The predicted molar refractivity (Wildman–Crippen MR) is 94.0 cm³/mol. The Morgan fingerprint density at radius 3 is 3.15 bits per heavy atom. The number of nitrogens with one attached hydrogen (secondary N) is 1. The van der Waals surface area contributed by atoms with Crippen LogP contribution in [0.3, 0.4) is 0 Å². The van der Waals surface area contributed by atoms with Crippen LogP contribution in [0.2, 0.25) is 0 Å². The fourth-order valence-electron chi connectivity index (χ4n) is 3.83. The second-order valence-electron chi connectivity index (χ2n) is 7.19. The summed E-state index contributed by atoms with van der Waals surface area (Å²) in [7, 11) is 0. The molecular formula is C19H24N4O3. The first-order chi connectivity index (χ1) is 12.7. The van der Waals surface area contributed by atoms with Crippen molar-refractivity contribution in [1.29, 1.82) is 0 Å². The Balaban J connectivity index is 1.28. The van der Waals surface area contributed by atoms with Crippen LogP contribution in [0.5, 0.6) is 0 Å². The van der Waals surface area contributed by atoms with Crippen LogP contribution in [-0.2, 0) is 22.6 Å². The second-order valence-corrected chi connectivity index (χ2v) is 7.19. The molecule has 0 saturated carbocycles. The summed E-state index contributed by atoms with van der Waals surface area (Å²) in [5, 5.41) is 7.03. The van der Waals surface area contributed by atoms with Crippen molar-refractivity contribution in [2.45, 2.75) is 45.1 Å². The zero-order valence-corrected chi connectivity index (χ0v) is 14.9. The molecule has 0 unspecified atom stereocenters. The maximum atomic E-state index is 12.4. The van der Waals surface area contributed by atoms with Gasteiger partial charge in [-0.3, -0.25) is 14.7 Å². The van der Waals surface area contributed by atoms with Crippen molar-refractivity contribution in [3.05, 3.63) is 47.6 Å². The number of amides is 1. The fraction of sp³-hybridized carbons (Fsp3) is 0.526. The van der Waals surface area contributed by atoms with E-state index in [9.17, 15) is 4.79 Å². The second kappa shape index (κ2) is 7.55. The van der Waals surface area contributed by atoms with Gasteiger partial charge in [0.1, 0.15) is 11.9 Å². The van der Waals surface area contributed by atoms with Crippen LogP contribution in [-0.4, -0.2) is 46.2 Å². The summed E-state index contributed by atoms with van der Waals surface area (Å²) in [5.41, 5.74) is 1.94. The third-order valence-electron chi connectivity index (χ3n) is 5.18. The van der Waals surface area contributed by atoms with Gasteiger partial charge < -0.3 is 14.6 Å². The molecule has 0 aliphatic carbocycles. The molecule has 2 saturated heterocycles. The summed E-state index contributed by atoms with van der Waals surface area (Å²) >= 11 is 0. The highest BCUT2D eigenvalue weighted by Gasteiger charge is 2.41. The minimum atomic E-state index is -0.351. The van der Waals surface area contributed by atoms with E-state index in [1.165, 1.54) is 0 Å². The monoisotopic (exact) mass is 356 g/mol. The van der Waals surface area contributed by atoms with Gasteiger partial charge in [-0.1, -0.05) is 11.2 Å². The summed E-state index contributed by atoms with van der Waals surface area (Å²) < 4.78 is 11.2. The highest BCUT2D eigenvalue weighted by atomic mass is 16.5. The van der Waals surface area contributed by atoms with Gasteiger partial charge in [-0.25, -0.2) is 0 Å². The number of likely N-dealkylation sites (tertiary alicyclic amines) is 1. The highest BCUT2D eigenvalue weighted by Crippen LogP contribution is 2.33. The summed E-state index contributed by atoms with van der Waals surface area (Å²) in [6.45, 7) is 4.99. The summed E-state index contributed by atoms with van der Waals surface area (Å²) in [6.07, 6.45) is 5.11. The SMILES string of the molecule is Cc1cc(CN2CC[C@H]3C[C@H](C(=O)NCc4cccnc4)O[C@H]3C2)no1. The Labute approximate surface area is 152 Å². The van der Waals surface area contributed by atoms with Crippen molar-refractivity contribution in [1.82, 2.24) is 20.4 Å². The molecular weight excluding hydrogens is 332 g/mol. The van der Waals surface area contributed by atoms with Crippen molar-refractivity contribution in [2.24, 2.45) is 5.92 Å². The van der Waals surface area contributed by atoms with Gasteiger partial charge in [-0.15, -0.1) is 0 Å². The Bertz CT molecular complexity index is 748. The molecule has 26 heavy (non-hydrogen) atoms. The Kier molecular flexibility index (Phi) is 4.99. The number of carbonyl (C=O) groups excluding carboxylic acids is 1. The minimum Gasteiger partial charge on any atom is -0.364 e. The zero-order chi connectivity index (χ0) is 17.9. The number of rotatable bonds is 5. The van der Waals surface area contributed by atoms with Gasteiger partial charge in [-0.2, -0.15) is 0 Å². The normalized spacial score (nSPS) is 25.8. The third-order valence-corrected chi connectivity index (χ3v) is 5.18. The molecule has 4 heterocycles. The van der Waals surface area contributed by atoms with Crippen LogP contribution in [0, 0.1) is 12.8 Å². The van der Waals surface area contributed by atoms with Crippen LogP contribution in [0.15, 0.2) is 35.1 Å². The van der Waals surface area contributed by atoms with Crippen LogP contribution >= 0.6 is 0 Å². The van der Waals surface area contributed by atoms with Gasteiger partial charge in [0.05, 0.1) is 11.8 Å². The molecule has 2 fully saturated rings. The van der Waals surface area contributed by atoms with Gasteiger partial charge in [-0.05, 0) is 43.9 Å². The summed E-state index contributed by atoms with van der Waals surface area (Å²) in [5.74, 6) is 1.26. The zero-order valence-electron chi connectivity index (χ0n) is 14.9. The van der Waals surface area contributed by atoms with Crippen LogP contribution < -0.4 is 5.32 Å². The number of piperidine rings is 1. The molecule has 138 valence electrons. The standard InChI is InChI=1S/C19H24N4O3/c1-13-7-16(22-26-13)11-23-6-4-15-8-17(25-18(15)12-23)19(24)21-10-14-3-2-5-20-9-14/h2-3,5,7,9,15,17-18H,4,6,8,10-12H2,1H3,(H,21,24)/t15-,17+,18-/m0/s1. The van der Waals surface area contributed by atoms with Crippen molar-refractivity contribution in [3.63, 3.8) is 0 Å². The van der Waals surface area contributed by atoms with Gasteiger partial charge in [0.2, 0.25) is 5.91 Å². The van der Waals surface area contributed by atoms with E-state index in [1.807, 2.05) is 25.1 Å². The Morgan fingerprint density at radius 2 is 2.38 bits per heavy atom. The number of aromatic nitrogens is 2. The smallest absolute Gasteiger partial charge is 0.249 e. The van der Waals surface area contributed by atoms with Crippen molar-refractivity contribution in [3.8, 4) is 0 Å². The largest absolute Gasteiger partial charge is 0.364 e. The fourth-order valence-corrected chi connectivity index (χ4v) is 3.83. The first kappa shape index (κ1) is 17.2. The molecule has 7 nitrogen and oxygen atoms in total. The van der Waals surface area contributed by atoms with E-state index >= 15 is 0 Å². The molecule has 0 aromatic carbocycles. The van der Waals surface area contributed by atoms with E-state index in [1.54, 1.807) is 12.4 Å². The van der Waals surface area contributed by atoms with E-state index in [4.69, 9.17) is 9.26 Å². The molecule has 2 aromatic heterocycles. The predicted octanol–water partition coefficient (Wildman–Crippen LogP) is 1.67. The van der Waals surface area contributed by atoms with Crippen LogP contribution in [0.1, 0.15) is 29.9 Å². The number of hydrogen-bond donors (Lipinski definition) is 1. The van der Waals surface area contributed by atoms with Crippen molar-refractivity contribution < 1.29 is 14.1 Å². The topological polar surface area (TPSA) is 80.5 Å². The molecule has 0 spiro atoms.